The lowest BCUT2D eigenvalue weighted by Crippen LogP contribution is -2.32. The number of nitrogens with two attached hydrogens (primary N) is 1. The highest BCUT2D eigenvalue weighted by Crippen LogP contribution is 2.16. The van der Waals surface area contributed by atoms with Crippen LogP contribution in [0.1, 0.15) is 12.5 Å². The summed E-state index contributed by atoms with van der Waals surface area (Å²) in [7, 11) is 3.82. The summed E-state index contributed by atoms with van der Waals surface area (Å²) in [5.41, 5.74) is 8.02. The summed E-state index contributed by atoms with van der Waals surface area (Å²) in [4.78, 5) is 2.22. The Bertz CT molecular complexity index is 297. The van der Waals surface area contributed by atoms with Crippen molar-refractivity contribution in [2.24, 2.45) is 5.73 Å². The molecule has 1 aromatic carbocycles. The van der Waals surface area contributed by atoms with Gasteiger partial charge in [0, 0.05) is 25.9 Å². The van der Waals surface area contributed by atoms with Crippen LogP contribution in [-0.2, 0) is 11.2 Å². The Balaban J connectivity index is 2.65. The molecule has 0 radical (unpaired) electrons. The molecule has 90 valence electrons. The minimum Gasteiger partial charge on any atom is -0.383 e. The third kappa shape index (κ3) is 3.51. The van der Waals surface area contributed by atoms with Gasteiger partial charge in [0.05, 0.1) is 6.61 Å². The predicted octanol–water partition coefficient (Wildman–Crippen LogP) is 1.66. The number of benzene rings is 1. The van der Waals surface area contributed by atoms with Gasteiger partial charge in [-0.2, -0.15) is 0 Å². The number of ether oxygens (including phenoxy) is 1. The van der Waals surface area contributed by atoms with Crippen molar-refractivity contribution in [2.75, 3.05) is 32.2 Å². The Morgan fingerprint density at radius 2 is 1.94 bits per heavy atom. The van der Waals surface area contributed by atoms with E-state index < -0.39 is 0 Å². The summed E-state index contributed by atoms with van der Waals surface area (Å²) in [5, 5.41) is 0. The molecule has 0 amide bonds. The predicted molar refractivity (Wildman–Crippen MR) is 68.9 cm³/mol. The molecule has 0 spiro atoms. The maximum absolute atomic E-state index is 5.52. The summed E-state index contributed by atoms with van der Waals surface area (Å²) in [6.07, 6.45) is 0.942. The fourth-order valence-corrected chi connectivity index (χ4v) is 1.67. The fraction of sp³-hybridized carbons (Fsp3) is 0.538. The molecule has 0 aliphatic heterocycles. The van der Waals surface area contributed by atoms with Gasteiger partial charge in [-0.3, -0.25) is 0 Å². The zero-order chi connectivity index (χ0) is 12.0. The zero-order valence-corrected chi connectivity index (χ0v) is 10.4. The largest absolute Gasteiger partial charge is 0.383 e. The lowest BCUT2D eigenvalue weighted by Gasteiger charge is -2.26. The van der Waals surface area contributed by atoms with E-state index in [0.717, 1.165) is 13.0 Å². The van der Waals surface area contributed by atoms with E-state index in [1.165, 1.54) is 11.3 Å². The average molecular weight is 222 g/mol. The Morgan fingerprint density at radius 1 is 1.31 bits per heavy atom. The quantitative estimate of drug-likeness (QED) is 0.795. The first kappa shape index (κ1) is 13.0. The molecule has 2 N–H and O–H groups in total. The number of hydrogen-bond acceptors (Lipinski definition) is 3. The van der Waals surface area contributed by atoms with Crippen molar-refractivity contribution < 1.29 is 4.74 Å². The van der Waals surface area contributed by atoms with Gasteiger partial charge in [0.1, 0.15) is 0 Å². The van der Waals surface area contributed by atoms with Crippen LogP contribution in [0.2, 0.25) is 0 Å². The molecule has 3 nitrogen and oxygen atoms in total. The number of nitrogens with zero attached hydrogens (tertiary/aromatic N) is 1. The minimum absolute atomic E-state index is 0.380. The number of hydrogen-bond donors (Lipinski definition) is 1. The van der Waals surface area contributed by atoms with Crippen LogP contribution < -0.4 is 10.6 Å². The molecule has 3 heteroatoms. The van der Waals surface area contributed by atoms with Crippen LogP contribution in [0, 0.1) is 0 Å². The second kappa shape index (κ2) is 6.51. The first-order valence-corrected chi connectivity index (χ1v) is 5.69. The Kier molecular flexibility index (Phi) is 5.29. The maximum atomic E-state index is 5.52. The van der Waals surface area contributed by atoms with E-state index in [0.29, 0.717) is 12.6 Å². The molecule has 1 rings (SSSR count). The number of likely N-dealkylation sites (N-methyl/N-ethyl adjacent to an activating group) is 1. The second-order valence-corrected chi connectivity index (χ2v) is 4.12. The molecule has 0 saturated heterocycles. The van der Waals surface area contributed by atoms with E-state index in [4.69, 9.17) is 10.5 Å². The van der Waals surface area contributed by atoms with Crippen LogP contribution in [0.4, 0.5) is 5.69 Å². The van der Waals surface area contributed by atoms with Gasteiger partial charge >= 0.3 is 0 Å². The summed E-state index contributed by atoms with van der Waals surface area (Å²) in [6.45, 7) is 3.59. The number of anilines is 1. The summed E-state index contributed by atoms with van der Waals surface area (Å²) >= 11 is 0. The highest BCUT2D eigenvalue weighted by Gasteiger charge is 2.09. The number of rotatable bonds is 6. The Labute approximate surface area is 98.2 Å². The molecule has 16 heavy (non-hydrogen) atoms. The van der Waals surface area contributed by atoms with E-state index in [-0.39, 0.29) is 0 Å². The van der Waals surface area contributed by atoms with Crippen molar-refractivity contribution in [3.8, 4) is 0 Å². The van der Waals surface area contributed by atoms with Gasteiger partial charge in [-0.05, 0) is 37.6 Å². The Morgan fingerprint density at radius 3 is 2.44 bits per heavy atom. The molecular formula is C13H22N2O. The van der Waals surface area contributed by atoms with Gasteiger partial charge in [-0.25, -0.2) is 0 Å². The third-order valence-corrected chi connectivity index (χ3v) is 2.85. The molecule has 0 fully saturated rings. The molecule has 0 aliphatic carbocycles. The van der Waals surface area contributed by atoms with Crippen molar-refractivity contribution in [3.05, 3.63) is 29.8 Å². The first-order valence-electron chi connectivity index (χ1n) is 5.69. The molecule has 1 atom stereocenters. The van der Waals surface area contributed by atoms with E-state index in [9.17, 15) is 0 Å². The SMILES string of the molecule is COCC(C)N(C)c1ccc(CCN)cc1. The smallest absolute Gasteiger partial charge is 0.0663 e. The van der Waals surface area contributed by atoms with Crippen molar-refractivity contribution in [1.82, 2.24) is 0 Å². The standard InChI is InChI=1S/C13H22N2O/c1-11(10-16-3)15(2)13-6-4-12(5-7-13)8-9-14/h4-7,11H,8-10,14H2,1-3H3. The lowest BCUT2D eigenvalue weighted by atomic mass is 10.1. The van der Waals surface area contributed by atoms with E-state index in [1.54, 1.807) is 7.11 Å². The van der Waals surface area contributed by atoms with Gasteiger partial charge < -0.3 is 15.4 Å². The van der Waals surface area contributed by atoms with Gasteiger partial charge in [0.25, 0.3) is 0 Å². The van der Waals surface area contributed by atoms with Crippen LogP contribution in [0.3, 0.4) is 0 Å². The molecule has 1 unspecified atom stereocenters. The summed E-state index contributed by atoms with van der Waals surface area (Å²) in [6, 6.07) is 8.93. The minimum atomic E-state index is 0.380. The number of methoxy groups -OCH3 is 1. The third-order valence-electron chi connectivity index (χ3n) is 2.85. The van der Waals surface area contributed by atoms with Crippen molar-refractivity contribution in [1.29, 1.82) is 0 Å². The Hall–Kier alpha value is -1.06. The molecule has 0 bridgehead atoms. The van der Waals surface area contributed by atoms with E-state index in [2.05, 4.69) is 43.1 Å². The lowest BCUT2D eigenvalue weighted by molar-refractivity contribution is 0.183. The van der Waals surface area contributed by atoms with Crippen LogP contribution in [0.15, 0.2) is 24.3 Å². The van der Waals surface area contributed by atoms with Crippen molar-refractivity contribution >= 4 is 5.69 Å². The first-order chi connectivity index (χ1) is 7.69. The van der Waals surface area contributed by atoms with Crippen LogP contribution in [0.5, 0.6) is 0 Å². The van der Waals surface area contributed by atoms with Crippen molar-refractivity contribution in [3.63, 3.8) is 0 Å². The van der Waals surface area contributed by atoms with Gasteiger partial charge in [0.2, 0.25) is 0 Å². The molecule has 0 aromatic heterocycles. The highest BCUT2D eigenvalue weighted by molar-refractivity contribution is 5.47. The van der Waals surface area contributed by atoms with E-state index in [1.807, 2.05) is 0 Å². The maximum Gasteiger partial charge on any atom is 0.0663 e. The topological polar surface area (TPSA) is 38.5 Å². The zero-order valence-electron chi connectivity index (χ0n) is 10.4. The van der Waals surface area contributed by atoms with E-state index >= 15 is 0 Å². The molecule has 1 aromatic rings. The fourth-order valence-electron chi connectivity index (χ4n) is 1.67. The average Bonchev–Trinajstić information content (AvgIpc) is 2.30. The van der Waals surface area contributed by atoms with Gasteiger partial charge in [-0.15, -0.1) is 0 Å². The van der Waals surface area contributed by atoms with Crippen LogP contribution in [0.25, 0.3) is 0 Å². The monoisotopic (exact) mass is 222 g/mol. The second-order valence-electron chi connectivity index (χ2n) is 4.12. The molecule has 0 heterocycles. The highest BCUT2D eigenvalue weighted by atomic mass is 16.5. The molecule has 0 saturated carbocycles. The molecule has 0 aliphatic rings. The van der Waals surface area contributed by atoms with Crippen LogP contribution in [-0.4, -0.2) is 33.4 Å². The van der Waals surface area contributed by atoms with Crippen molar-refractivity contribution in [2.45, 2.75) is 19.4 Å². The summed E-state index contributed by atoms with van der Waals surface area (Å²) < 4.78 is 5.15. The normalized spacial score (nSPS) is 12.5. The van der Waals surface area contributed by atoms with Crippen LogP contribution >= 0.6 is 0 Å². The summed E-state index contributed by atoms with van der Waals surface area (Å²) in [5.74, 6) is 0. The van der Waals surface area contributed by atoms with Gasteiger partial charge in [-0.1, -0.05) is 12.1 Å². The molecular weight excluding hydrogens is 200 g/mol. The van der Waals surface area contributed by atoms with Gasteiger partial charge in [0.15, 0.2) is 0 Å².